The summed E-state index contributed by atoms with van der Waals surface area (Å²) < 4.78 is 1.46. The first-order valence-corrected chi connectivity index (χ1v) is 8.37. The minimum atomic E-state index is -0.746. The predicted octanol–water partition coefficient (Wildman–Crippen LogP) is 1.27. The van der Waals surface area contributed by atoms with E-state index >= 15 is 0 Å². The van der Waals surface area contributed by atoms with Gasteiger partial charge in [-0.05, 0) is 24.3 Å². The first-order chi connectivity index (χ1) is 10.6. The second-order valence-corrected chi connectivity index (χ2v) is 6.74. The number of hydrogen-bond acceptors (Lipinski definition) is 5. The van der Waals surface area contributed by atoms with E-state index in [9.17, 15) is 14.7 Å². The number of carbonyl (C=O) groups excluding carboxylic acids is 1. The second kappa shape index (κ2) is 6.18. The zero-order chi connectivity index (χ0) is 15.6. The molecule has 1 fully saturated rings. The number of nitrogens with zero attached hydrogens (tertiary/aromatic N) is 2. The third kappa shape index (κ3) is 3.20. The molecular weight excluding hydrogens is 302 g/mol. The van der Waals surface area contributed by atoms with Gasteiger partial charge in [0.1, 0.15) is 4.83 Å². The van der Waals surface area contributed by atoms with E-state index in [2.05, 4.69) is 10.3 Å². The Morgan fingerprint density at radius 1 is 1.45 bits per heavy atom. The Bertz CT molecular complexity index is 731. The van der Waals surface area contributed by atoms with Crippen LogP contribution in [0.2, 0.25) is 0 Å². The number of aromatic nitrogens is 2. The molecule has 3 rings (SSSR count). The molecule has 2 aromatic heterocycles. The maximum Gasteiger partial charge on any atom is 0.262 e. The van der Waals surface area contributed by atoms with Gasteiger partial charge in [0.2, 0.25) is 5.91 Å². The summed E-state index contributed by atoms with van der Waals surface area (Å²) in [4.78, 5) is 29.0. The quantitative estimate of drug-likeness (QED) is 0.868. The van der Waals surface area contributed by atoms with Crippen molar-refractivity contribution < 1.29 is 9.90 Å². The number of nitrogens with one attached hydrogen (secondary N) is 1. The zero-order valence-electron chi connectivity index (χ0n) is 12.2. The normalized spacial score (nSPS) is 17.0. The first-order valence-electron chi connectivity index (χ1n) is 7.49. The molecule has 22 heavy (non-hydrogen) atoms. The van der Waals surface area contributed by atoms with Crippen LogP contribution in [0.3, 0.4) is 0 Å². The van der Waals surface area contributed by atoms with Gasteiger partial charge in [-0.3, -0.25) is 14.2 Å². The average Bonchev–Trinajstić information content (AvgIpc) is 3.14. The summed E-state index contributed by atoms with van der Waals surface area (Å²) in [6.07, 6.45) is 5.19. The van der Waals surface area contributed by atoms with Gasteiger partial charge in [0.25, 0.3) is 5.56 Å². The minimum absolute atomic E-state index is 0.117. The molecule has 0 radical (unpaired) electrons. The maximum absolute atomic E-state index is 12.2. The molecule has 7 heteroatoms. The summed E-state index contributed by atoms with van der Waals surface area (Å²) in [5, 5.41) is 15.4. The number of hydrogen-bond donors (Lipinski definition) is 2. The van der Waals surface area contributed by atoms with E-state index in [0.717, 1.165) is 25.7 Å². The number of amides is 1. The van der Waals surface area contributed by atoms with Gasteiger partial charge < -0.3 is 10.4 Å². The van der Waals surface area contributed by atoms with Crippen molar-refractivity contribution in [3.05, 3.63) is 28.1 Å². The summed E-state index contributed by atoms with van der Waals surface area (Å²) in [5.74, 6) is -0.155. The third-order valence-electron chi connectivity index (χ3n) is 4.18. The van der Waals surface area contributed by atoms with Crippen molar-refractivity contribution in [2.24, 2.45) is 0 Å². The lowest BCUT2D eigenvalue weighted by atomic mass is 10.0. The van der Waals surface area contributed by atoms with Crippen LogP contribution in [-0.4, -0.2) is 32.7 Å². The summed E-state index contributed by atoms with van der Waals surface area (Å²) in [5.41, 5.74) is -0.864. The van der Waals surface area contributed by atoms with Crippen LogP contribution >= 0.6 is 11.3 Å². The minimum Gasteiger partial charge on any atom is -0.388 e. The number of aryl methyl sites for hydroxylation is 1. The highest BCUT2D eigenvalue weighted by molar-refractivity contribution is 7.16. The molecule has 1 amide bonds. The first kappa shape index (κ1) is 15.2. The molecule has 0 atom stereocenters. The number of carbonyl (C=O) groups is 1. The monoisotopic (exact) mass is 321 g/mol. The van der Waals surface area contributed by atoms with E-state index in [1.54, 1.807) is 6.07 Å². The highest BCUT2D eigenvalue weighted by atomic mass is 32.1. The lowest BCUT2D eigenvalue weighted by Gasteiger charge is -2.22. The molecule has 0 spiro atoms. The number of thiophene rings is 1. The van der Waals surface area contributed by atoms with Gasteiger partial charge in [-0.2, -0.15) is 0 Å². The predicted molar refractivity (Wildman–Crippen MR) is 84.9 cm³/mol. The molecule has 0 unspecified atom stereocenters. The van der Waals surface area contributed by atoms with Gasteiger partial charge in [0.05, 0.1) is 17.3 Å². The second-order valence-electron chi connectivity index (χ2n) is 5.84. The van der Waals surface area contributed by atoms with Gasteiger partial charge in [0, 0.05) is 19.5 Å². The molecule has 1 saturated carbocycles. The molecule has 2 aromatic rings. The van der Waals surface area contributed by atoms with Crippen LogP contribution < -0.4 is 10.9 Å². The topological polar surface area (TPSA) is 84.2 Å². The molecule has 0 aromatic carbocycles. The van der Waals surface area contributed by atoms with Crippen molar-refractivity contribution in [1.82, 2.24) is 14.9 Å². The van der Waals surface area contributed by atoms with Crippen LogP contribution in [0.5, 0.6) is 0 Å². The SMILES string of the molecule is O=C(CCn1cnc2sccc2c1=O)NCC1(O)CCCC1. The molecular formula is C15H19N3O3S. The largest absolute Gasteiger partial charge is 0.388 e. The van der Waals surface area contributed by atoms with E-state index in [1.807, 2.05) is 5.38 Å². The van der Waals surface area contributed by atoms with Crippen molar-refractivity contribution >= 4 is 27.5 Å². The molecule has 1 aliphatic rings. The fourth-order valence-corrected chi connectivity index (χ4v) is 3.56. The highest BCUT2D eigenvalue weighted by Crippen LogP contribution is 2.28. The van der Waals surface area contributed by atoms with Gasteiger partial charge in [-0.1, -0.05) is 12.8 Å². The maximum atomic E-state index is 12.2. The van der Waals surface area contributed by atoms with Gasteiger partial charge in [-0.25, -0.2) is 4.98 Å². The Kier molecular flexibility index (Phi) is 4.26. The van der Waals surface area contributed by atoms with Crippen molar-refractivity contribution in [1.29, 1.82) is 0 Å². The number of rotatable bonds is 5. The summed E-state index contributed by atoms with van der Waals surface area (Å²) >= 11 is 1.42. The van der Waals surface area contributed by atoms with Crippen LogP contribution in [0.15, 0.2) is 22.6 Å². The number of fused-ring (bicyclic) bond motifs is 1. The lowest BCUT2D eigenvalue weighted by molar-refractivity contribution is -0.122. The molecule has 118 valence electrons. The molecule has 0 bridgehead atoms. The Hall–Kier alpha value is -1.73. The van der Waals surface area contributed by atoms with Crippen LogP contribution in [0.4, 0.5) is 0 Å². The van der Waals surface area contributed by atoms with Crippen molar-refractivity contribution in [3.8, 4) is 0 Å². The molecule has 0 saturated heterocycles. The van der Waals surface area contributed by atoms with E-state index in [4.69, 9.17) is 0 Å². The van der Waals surface area contributed by atoms with Crippen molar-refractivity contribution in [3.63, 3.8) is 0 Å². The van der Waals surface area contributed by atoms with Gasteiger partial charge in [-0.15, -0.1) is 11.3 Å². The zero-order valence-corrected chi connectivity index (χ0v) is 13.1. The Balaban J connectivity index is 1.56. The van der Waals surface area contributed by atoms with E-state index in [-0.39, 0.29) is 17.9 Å². The number of aliphatic hydroxyl groups is 1. The van der Waals surface area contributed by atoms with E-state index in [1.165, 1.54) is 22.2 Å². The lowest BCUT2D eigenvalue weighted by Crippen LogP contribution is -2.41. The fourth-order valence-electron chi connectivity index (χ4n) is 2.84. The molecule has 2 heterocycles. The third-order valence-corrected chi connectivity index (χ3v) is 5.00. The Morgan fingerprint density at radius 3 is 3.00 bits per heavy atom. The van der Waals surface area contributed by atoms with Crippen LogP contribution in [0.1, 0.15) is 32.1 Å². The smallest absolute Gasteiger partial charge is 0.262 e. The van der Waals surface area contributed by atoms with Crippen LogP contribution in [0.25, 0.3) is 10.2 Å². The molecule has 1 aliphatic carbocycles. The van der Waals surface area contributed by atoms with E-state index in [0.29, 0.717) is 23.3 Å². The Morgan fingerprint density at radius 2 is 2.23 bits per heavy atom. The van der Waals surface area contributed by atoms with Crippen LogP contribution in [-0.2, 0) is 11.3 Å². The summed E-state index contributed by atoms with van der Waals surface area (Å²) in [7, 11) is 0. The molecule has 0 aliphatic heterocycles. The van der Waals surface area contributed by atoms with Crippen molar-refractivity contribution in [2.75, 3.05) is 6.54 Å². The van der Waals surface area contributed by atoms with Crippen molar-refractivity contribution in [2.45, 2.75) is 44.2 Å². The molecule has 2 N–H and O–H groups in total. The fraction of sp³-hybridized carbons (Fsp3) is 0.533. The average molecular weight is 321 g/mol. The van der Waals surface area contributed by atoms with Gasteiger partial charge in [0.15, 0.2) is 0 Å². The summed E-state index contributed by atoms with van der Waals surface area (Å²) in [6.45, 7) is 0.588. The van der Waals surface area contributed by atoms with Gasteiger partial charge >= 0.3 is 0 Å². The highest BCUT2D eigenvalue weighted by Gasteiger charge is 2.31. The Labute approximate surface area is 131 Å². The molecule has 6 nitrogen and oxygen atoms in total. The standard InChI is InChI=1S/C15H19N3O3S/c19-12(16-9-15(21)5-1-2-6-15)3-7-18-10-17-13-11(14(18)20)4-8-22-13/h4,8,10,21H,1-3,5-7,9H2,(H,16,19). The summed E-state index contributed by atoms with van der Waals surface area (Å²) in [6, 6.07) is 1.75. The van der Waals surface area contributed by atoms with Crippen LogP contribution in [0, 0.1) is 0 Å². The van der Waals surface area contributed by atoms with E-state index < -0.39 is 5.60 Å².